The summed E-state index contributed by atoms with van der Waals surface area (Å²) < 4.78 is 13.4. The van der Waals surface area contributed by atoms with Crippen molar-refractivity contribution in [2.45, 2.75) is 4.90 Å². The molecule has 0 aliphatic rings. The molecule has 8 nitrogen and oxygen atoms in total. The van der Waals surface area contributed by atoms with Crippen LogP contribution in [-0.4, -0.2) is 34.6 Å². The van der Waals surface area contributed by atoms with Crippen LogP contribution in [0.2, 0.25) is 5.02 Å². The number of hydrogen-bond donors (Lipinski definition) is 4. The zero-order valence-electron chi connectivity index (χ0n) is 21.8. The molecule has 0 unspecified atom stereocenters. The number of aromatic carboxylic acids is 1. The maximum Gasteiger partial charge on any atom is 0.337 e. The quantitative estimate of drug-likeness (QED) is 0.124. The molecule has 0 aliphatic heterocycles. The number of carboxylic acid groups (broad SMARTS) is 1. The maximum atomic E-state index is 13.4. The molecule has 4 rings (SSSR count). The number of carbonyl (C=O) groups excluding carboxylic acids is 3. The number of carboxylic acids is 1. The molecule has 0 saturated heterocycles. The van der Waals surface area contributed by atoms with Gasteiger partial charge in [-0.1, -0.05) is 48.0 Å². The van der Waals surface area contributed by atoms with Gasteiger partial charge in [0.15, 0.2) is 0 Å². The number of benzene rings is 4. The van der Waals surface area contributed by atoms with Crippen LogP contribution in [0.5, 0.6) is 0 Å². The number of rotatable bonds is 10. The van der Waals surface area contributed by atoms with E-state index in [1.165, 1.54) is 60.3 Å². The van der Waals surface area contributed by atoms with Gasteiger partial charge in [-0.15, -0.1) is 11.8 Å². The lowest BCUT2D eigenvalue weighted by atomic mass is 10.1. The number of halogens is 2. The summed E-state index contributed by atoms with van der Waals surface area (Å²) in [5.74, 6) is -3.12. The lowest BCUT2D eigenvalue weighted by Crippen LogP contribution is -2.30. The van der Waals surface area contributed by atoms with Crippen molar-refractivity contribution in [1.82, 2.24) is 5.32 Å². The van der Waals surface area contributed by atoms with Gasteiger partial charge in [0.1, 0.15) is 11.5 Å². The van der Waals surface area contributed by atoms with Gasteiger partial charge in [0, 0.05) is 21.8 Å². The first-order valence-electron chi connectivity index (χ1n) is 12.4. The third-order valence-electron chi connectivity index (χ3n) is 5.65. The Kier molecular flexibility index (Phi) is 10.1. The summed E-state index contributed by atoms with van der Waals surface area (Å²) in [6, 6.07) is 24.8. The predicted octanol–water partition coefficient (Wildman–Crippen LogP) is 6.32. The van der Waals surface area contributed by atoms with Crippen molar-refractivity contribution in [3.05, 3.63) is 130 Å². The lowest BCUT2D eigenvalue weighted by molar-refractivity contribution is -0.114. The fraction of sp³-hybridized carbons (Fsp3) is 0.0323. The van der Waals surface area contributed by atoms with Gasteiger partial charge in [0.2, 0.25) is 5.91 Å². The standard InChI is InChI=1S/C31H23ClFN3O5S/c32-26-14-13-23(17-25(26)31(40)41)34-28(37)18-42-24-8-4-7-22(16-24)35-30(39)27(15-19-9-11-21(33)12-10-19)36-29(38)20-5-2-1-3-6-20/h1-17H,18H2,(H,34,37)(H,35,39)(H,36,38)(H,40,41)/b27-15-. The minimum absolute atomic E-state index is 0.00524. The van der Waals surface area contributed by atoms with Crippen LogP contribution in [0, 0.1) is 5.82 Å². The molecule has 0 heterocycles. The van der Waals surface area contributed by atoms with E-state index in [4.69, 9.17) is 11.6 Å². The Morgan fingerprint density at radius 2 is 1.55 bits per heavy atom. The third kappa shape index (κ3) is 8.53. The van der Waals surface area contributed by atoms with Crippen molar-refractivity contribution >= 4 is 64.5 Å². The summed E-state index contributed by atoms with van der Waals surface area (Å²) >= 11 is 7.07. The second-order valence-corrected chi connectivity index (χ2v) is 10.2. The first-order chi connectivity index (χ1) is 20.2. The number of anilines is 2. The third-order valence-corrected chi connectivity index (χ3v) is 6.98. The minimum Gasteiger partial charge on any atom is -0.478 e. The normalized spacial score (nSPS) is 11.0. The van der Waals surface area contributed by atoms with Crippen molar-refractivity contribution in [3.8, 4) is 0 Å². The Bertz CT molecular complexity index is 1660. The lowest BCUT2D eigenvalue weighted by Gasteiger charge is -2.12. The van der Waals surface area contributed by atoms with Crippen molar-refractivity contribution in [3.63, 3.8) is 0 Å². The zero-order chi connectivity index (χ0) is 30.1. The average molecular weight is 604 g/mol. The summed E-state index contributed by atoms with van der Waals surface area (Å²) in [6.45, 7) is 0. The van der Waals surface area contributed by atoms with Crippen molar-refractivity contribution in [1.29, 1.82) is 0 Å². The van der Waals surface area contributed by atoms with Gasteiger partial charge in [-0.05, 0) is 72.3 Å². The fourth-order valence-electron chi connectivity index (χ4n) is 3.64. The molecule has 4 aromatic rings. The molecule has 0 saturated carbocycles. The van der Waals surface area contributed by atoms with Crippen molar-refractivity contribution < 1.29 is 28.7 Å². The molecule has 0 spiro atoms. The van der Waals surface area contributed by atoms with E-state index in [0.717, 1.165) is 0 Å². The highest BCUT2D eigenvalue weighted by molar-refractivity contribution is 8.00. The Balaban J connectivity index is 1.43. The summed E-state index contributed by atoms with van der Waals surface area (Å²) in [4.78, 5) is 50.4. The Morgan fingerprint density at radius 1 is 0.833 bits per heavy atom. The Hall–Kier alpha value is -4.93. The SMILES string of the molecule is O=C(CSc1cccc(NC(=O)/C(=C/c2ccc(F)cc2)NC(=O)c2ccccc2)c1)Nc1ccc(Cl)c(C(=O)O)c1. The van der Waals surface area contributed by atoms with Gasteiger partial charge in [-0.2, -0.15) is 0 Å². The van der Waals surface area contributed by atoms with Gasteiger partial charge in [-0.25, -0.2) is 9.18 Å². The molecule has 3 amide bonds. The number of amides is 3. The molecule has 0 atom stereocenters. The summed E-state index contributed by atoms with van der Waals surface area (Å²) in [5.41, 5.74) is 1.37. The molecule has 212 valence electrons. The van der Waals surface area contributed by atoms with Crippen LogP contribution in [0.4, 0.5) is 15.8 Å². The highest BCUT2D eigenvalue weighted by Gasteiger charge is 2.16. The van der Waals surface area contributed by atoms with Crippen LogP contribution in [0.3, 0.4) is 0 Å². The number of hydrogen-bond acceptors (Lipinski definition) is 5. The second-order valence-electron chi connectivity index (χ2n) is 8.75. The monoisotopic (exact) mass is 603 g/mol. The van der Waals surface area contributed by atoms with Gasteiger partial charge < -0.3 is 21.1 Å². The van der Waals surface area contributed by atoms with Crippen molar-refractivity contribution in [2.75, 3.05) is 16.4 Å². The summed E-state index contributed by atoms with van der Waals surface area (Å²) in [7, 11) is 0. The summed E-state index contributed by atoms with van der Waals surface area (Å²) in [6.07, 6.45) is 1.44. The highest BCUT2D eigenvalue weighted by Crippen LogP contribution is 2.24. The molecule has 11 heteroatoms. The minimum atomic E-state index is -1.21. The van der Waals surface area contributed by atoms with Gasteiger partial charge >= 0.3 is 5.97 Å². The van der Waals surface area contributed by atoms with Gasteiger partial charge in [0.05, 0.1) is 16.3 Å². The van der Waals surface area contributed by atoms with Gasteiger partial charge in [0.25, 0.3) is 11.8 Å². The predicted molar refractivity (Wildman–Crippen MR) is 161 cm³/mol. The smallest absolute Gasteiger partial charge is 0.337 e. The van der Waals surface area contributed by atoms with E-state index in [-0.39, 0.29) is 27.9 Å². The van der Waals surface area contributed by atoms with E-state index in [0.29, 0.717) is 27.4 Å². The van der Waals surface area contributed by atoms with E-state index in [1.807, 2.05) is 0 Å². The fourth-order valence-corrected chi connectivity index (χ4v) is 4.60. The first kappa shape index (κ1) is 30.0. The topological polar surface area (TPSA) is 125 Å². The van der Waals surface area contributed by atoms with Crippen LogP contribution < -0.4 is 16.0 Å². The molecule has 0 radical (unpaired) electrons. The van der Waals surface area contributed by atoms with E-state index in [9.17, 15) is 28.7 Å². The second kappa shape index (κ2) is 14.1. The first-order valence-corrected chi connectivity index (χ1v) is 13.7. The van der Waals surface area contributed by atoms with Crippen LogP contribution >= 0.6 is 23.4 Å². The van der Waals surface area contributed by atoms with E-state index in [1.54, 1.807) is 54.6 Å². The Labute approximate surface area is 249 Å². The summed E-state index contributed by atoms with van der Waals surface area (Å²) in [5, 5.41) is 17.3. The van der Waals surface area contributed by atoms with Crippen molar-refractivity contribution in [2.24, 2.45) is 0 Å². The molecule has 0 fully saturated rings. The molecule has 4 aromatic carbocycles. The number of nitrogens with one attached hydrogen (secondary N) is 3. The zero-order valence-corrected chi connectivity index (χ0v) is 23.3. The van der Waals surface area contributed by atoms with Crippen LogP contribution in [0.25, 0.3) is 6.08 Å². The van der Waals surface area contributed by atoms with E-state index >= 15 is 0 Å². The van der Waals surface area contributed by atoms with E-state index in [2.05, 4.69) is 16.0 Å². The maximum absolute atomic E-state index is 13.4. The molecule has 0 aromatic heterocycles. The van der Waals surface area contributed by atoms with Crippen LogP contribution in [0.15, 0.2) is 108 Å². The van der Waals surface area contributed by atoms with Crippen LogP contribution in [-0.2, 0) is 9.59 Å². The molecule has 4 N–H and O–H groups in total. The molecule has 0 aliphatic carbocycles. The number of thioether (sulfide) groups is 1. The molecular weight excluding hydrogens is 581 g/mol. The van der Waals surface area contributed by atoms with Gasteiger partial charge in [-0.3, -0.25) is 14.4 Å². The average Bonchev–Trinajstić information content (AvgIpc) is 2.98. The highest BCUT2D eigenvalue weighted by atomic mass is 35.5. The molecule has 0 bridgehead atoms. The molecular formula is C31H23ClFN3O5S. The molecule has 42 heavy (non-hydrogen) atoms. The number of carbonyl (C=O) groups is 4. The Morgan fingerprint density at radius 3 is 2.26 bits per heavy atom. The van der Waals surface area contributed by atoms with Crippen LogP contribution in [0.1, 0.15) is 26.3 Å². The largest absolute Gasteiger partial charge is 0.478 e. The van der Waals surface area contributed by atoms with E-state index < -0.39 is 23.6 Å².